The van der Waals surface area contributed by atoms with Crippen molar-refractivity contribution in [3.63, 3.8) is 0 Å². The number of nitrogens with two attached hydrogens (primary N) is 1. The third-order valence-electron chi connectivity index (χ3n) is 3.05. The number of carbonyl (C=O) groups excluding carboxylic acids is 2. The summed E-state index contributed by atoms with van der Waals surface area (Å²) in [7, 11) is -3.80. The van der Waals surface area contributed by atoms with Gasteiger partial charge in [0.05, 0.1) is 67.3 Å². The average Bonchev–Trinajstić information content (AvgIpc) is 2.86. The van der Waals surface area contributed by atoms with Gasteiger partial charge >= 0.3 is 11.9 Å². The molecule has 0 saturated carbocycles. The minimum absolute atomic E-state index is 1.14. The lowest BCUT2D eigenvalue weighted by molar-refractivity contribution is -0.139. The number of hydrogen-bond donors (Lipinski definition) is 2. The Morgan fingerprint density at radius 2 is 2.21 bits per heavy atom. The summed E-state index contributed by atoms with van der Waals surface area (Å²) in [5.41, 5.74) is -4.04. The highest BCUT2D eigenvalue weighted by Gasteiger charge is 2.39. The van der Waals surface area contributed by atoms with E-state index in [0.29, 0.717) is 0 Å². The molecule has 1 aromatic rings. The van der Waals surface area contributed by atoms with Crippen LogP contribution in [0.4, 0.5) is 0 Å². The molecule has 0 fully saturated rings. The first-order valence-corrected chi connectivity index (χ1v) is 7.24. The normalized spacial score (nSPS) is 34.2. The van der Waals surface area contributed by atoms with Crippen LogP contribution in [-0.2, 0) is 23.8 Å². The Morgan fingerprint density at radius 1 is 1.39 bits per heavy atom. The van der Waals surface area contributed by atoms with Crippen molar-refractivity contribution in [3.05, 3.63) is 57.3 Å². The van der Waals surface area contributed by atoms with Gasteiger partial charge in [-0.05, 0) is 25.3 Å². The maximum atomic E-state index is 13.9. The first-order chi connectivity index (χ1) is 21.9. The highest BCUT2D eigenvalue weighted by molar-refractivity contribution is 6.31. The molecule has 2 rings (SSSR count). The van der Waals surface area contributed by atoms with Crippen LogP contribution in [0.1, 0.15) is 55.3 Å². The van der Waals surface area contributed by atoms with E-state index in [1.807, 2.05) is 0 Å². The van der Waals surface area contributed by atoms with Crippen LogP contribution in [0.5, 0.6) is 0 Å². The lowest BCUT2D eigenvalue weighted by atomic mass is 9.80. The fourth-order valence-corrected chi connectivity index (χ4v) is 2.27. The third kappa shape index (κ3) is 4.73. The van der Waals surface area contributed by atoms with Gasteiger partial charge in [0.25, 0.3) is 0 Å². The van der Waals surface area contributed by atoms with Crippen molar-refractivity contribution in [2.45, 2.75) is 19.6 Å². The van der Waals surface area contributed by atoms with Gasteiger partial charge in [-0.15, -0.1) is 0 Å². The molecule has 0 saturated heterocycles. The van der Waals surface area contributed by atoms with Crippen LogP contribution in [0.25, 0.3) is 0 Å². The van der Waals surface area contributed by atoms with E-state index < -0.39 is 122 Å². The summed E-state index contributed by atoms with van der Waals surface area (Å²) in [4.78, 5) is 27.5. The van der Waals surface area contributed by atoms with Crippen molar-refractivity contribution in [2.24, 2.45) is 5.73 Å². The number of halogens is 1. The molecule has 8 heteroatoms. The largest absolute Gasteiger partial charge is 0.466 e. The van der Waals surface area contributed by atoms with Crippen molar-refractivity contribution in [2.75, 3.05) is 33.2 Å². The Hall–Kier alpha value is -2.35. The first kappa shape index (κ1) is 6.58. The van der Waals surface area contributed by atoms with E-state index in [9.17, 15) is 11.0 Å². The highest BCUT2D eigenvalue weighted by atomic mass is 35.5. The smallest absolute Gasteiger partial charge is 0.336 e. The summed E-state index contributed by atoms with van der Waals surface area (Å²) >= 11 is 6.20. The summed E-state index contributed by atoms with van der Waals surface area (Å²) < 4.78 is 187. The van der Waals surface area contributed by atoms with E-state index >= 15 is 0 Å². The Bertz CT molecular complexity index is 1610. The zero-order valence-electron chi connectivity index (χ0n) is 35.5. The second-order valence-corrected chi connectivity index (χ2v) is 4.90. The number of benzene rings is 1. The van der Waals surface area contributed by atoms with Gasteiger partial charge in [-0.2, -0.15) is 0 Å². The minimum atomic E-state index is -4.21. The van der Waals surface area contributed by atoms with E-state index in [-0.39, 0.29) is 0 Å². The second kappa shape index (κ2) is 10.3. The molecule has 7 nitrogen and oxygen atoms in total. The van der Waals surface area contributed by atoms with Crippen molar-refractivity contribution in [3.8, 4) is 0 Å². The Labute approximate surface area is 200 Å². The van der Waals surface area contributed by atoms with Gasteiger partial charge in [0, 0.05) is 29.6 Å². The molecular weight excluding hydrogens is 384 g/mol. The van der Waals surface area contributed by atoms with E-state index in [4.69, 9.17) is 46.1 Å². The molecule has 0 spiro atoms. The Morgan fingerprint density at radius 3 is 2.93 bits per heavy atom. The molecule has 0 amide bonds. The molecule has 3 N–H and O–H groups in total. The van der Waals surface area contributed by atoms with Crippen LogP contribution in [0.2, 0.25) is 5.02 Å². The van der Waals surface area contributed by atoms with Crippen molar-refractivity contribution < 1.29 is 54.0 Å². The number of allylic oxidation sites excluding steroid dienone is 1. The van der Waals surface area contributed by atoms with Gasteiger partial charge in [0.15, 0.2) is 0 Å². The SMILES string of the molecule is [2H]c1c([2H])c([2H])c(C2([2H])C(C(=O)OC([2H])([2H])[2H])=C(C([2H])([2H])[2H])NC(C([2H])([2H])OC([2H])([2H])C([2H])([2H])N)=C2C(=O)OC([2H])([2H])C([2H])([2H])[2H])c(Cl)c1[2H]. The zero-order valence-corrected chi connectivity index (χ0v) is 14.3. The lowest BCUT2D eigenvalue weighted by Gasteiger charge is -2.31. The Balaban J connectivity index is 3.47. The topological polar surface area (TPSA) is 99.9 Å². The summed E-state index contributed by atoms with van der Waals surface area (Å²) in [6, 6.07) is -5.21. The molecule has 0 radical (unpaired) electrons. The molecule has 1 atom stereocenters. The summed E-state index contributed by atoms with van der Waals surface area (Å²) in [6.45, 7) is -23.7. The Kier molecular flexibility index (Phi) is 2.41. The third-order valence-corrected chi connectivity index (χ3v) is 3.33. The van der Waals surface area contributed by atoms with Crippen LogP contribution < -0.4 is 11.1 Å². The fourth-order valence-electron chi connectivity index (χ4n) is 2.08. The summed E-state index contributed by atoms with van der Waals surface area (Å²) in [5, 5.41) is 0.324. The number of carbonyl (C=O) groups is 2. The fraction of sp³-hybridized carbons (Fsp3) is 0.400. The monoisotopic (exact) mass is 430 g/mol. The highest BCUT2D eigenvalue weighted by Crippen LogP contribution is 2.41. The maximum absolute atomic E-state index is 13.9. The molecule has 0 aliphatic carbocycles. The van der Waals surface area contributed by atoms with Crippen LogP contribution in [0.3, 0.4) is 0 Å². The molecule has 1 aliphatic rings. The average molecular weight is 431 g/mol. The number of nitrogens with one attached hydrogen (secondary N) is 1. The number of rotatable bonds is 8. The quantitative estimate of drug-likeness (QED) is 0.610. The van der Waals surface area contributed by atoms with Gasteiger partial charge < -0.3 is 25.3 Å². The lowest BCUT2D eigenvalue weighted by Crippen LogP contribution is -2.35. The summed E-state index contributed by atoms with van der Waals surface area (Å²) in [6.07, 6.45) is 0. The molecule has 0 aromatic heterocycles. The molecular formula is C20H25ClN2O5. The number of esters is 2. The van der Waals surface area contributed by atoms with Crippen LogP contribution in [0, 0.1) is 0 Å². The second-order valence-electron chi connectivity index (χ2n) is 4.52. The number of dihydropyridines is 1. The summed E-state index contributed by atoms with van der Waals surface area (Å²) in [5.74, 6) is -9.06. The van der Waals surface area contributed by atoms with Crippen molar-refractivity contribution in [1.82, 2.24) is 5.32 Å². The number of methoxy groups -OCH3 is 1. The van der Waals surface area contributed by atoms with E-state index in [2.05, 4.69) is 14.2 Å². The number of hydrogen-bond acceptors (Lipinski definition) is 7. The standard InChI is InChI=1S/C20H25ClN2O5/c1-4-28-20(25)18-15(11-27-10-9-22)23-12(2)16(19(24)26-3)17(18)13-7-5-6-8-14(13)21/h5-8,17,23H,4,9-11,22H2,1-3H3/i1D3,2D3,3D3,4D2,5D,6D,7D,8D,9D2,10D2,11D2,17D. The molecule has 28 heavy (non-hydrogen) atoms. The molecule has 1 aliphatic heterocycles. The van der Waals surface area contributed by atoms with E-state index in [1.54, 1.807) is 5.32 Å². The van der Waals surface area contributed by atoms with Crippen LogP contribution >= 0.6 is 11.6 Å². The van der Waals surface area contributed by atoms with E-state index in [0.717, 1.165) is 0 Å². The van der Waals surface area contributed by atoms with Gasteiger partial charge in [-0.25, -0.2) is 9.59 Å². The van der Waals surface area contributed by atoms with Crippen molar-refractivity contribution in [1.29, 1.82) is 0 Å². The van der Waals surface area contributed by atoms with Gasteiger partial charge in [-0.1, -0.05) is 29.7 Å². The van der Waals surface area contributed by atoms with E-state index in [1.165, 1.54) is 0 Å². The molecule has 1 aromatic carbocycles. The number of ether oxygens (including phenoxy) is 3. The molecule has 1 unspecified atom stereocenters. The predicted molar refractivity (Wildman–Crippen MR) is 106 cm³/mol. The predicted octanol–water partition coefficient (Wildman–Crippen LogP) is 2.27. The van der Waals surface area contributed by atoms with Gasteiger partial charge in [0.2, 0.25) is 0 Å². The first-order valence-electron chi connectivity index (χ1n) is 17.9. The zero-order chi connectivity index (χ0) is 39.8. The van der Waals surface area contributed by atoms with Gasteiger partial charge in [-0.3, -0.25) is 0 Å². The maximum Gasteiger partial charge on any atom is 0.336 e. The molecule has 0 bridgehead atoms. The van der Waals surface area contributed by atoms with Gasteiger partial charge in [0.1, 0.15) is 0 Å². The van der Waals surface area contributed by atoms with Crippen molar-refractivity contribution >= 4 is 23.5 Å². The minimum Gasteiger partial charge on any atom is -0.466 e. The van der Waals surface area contributed by atoms with Crippen LogP contribution in [-0.4, -0.2) is 45.2 Å². The molecule has 152 valence electrons. The van der Waals surface area contributed by atoms with Crippen LogP contribution in [0.15, 0.2) is 46.7 Å². The molecule has 1 heterocycles.